The van der Waals surface area contributed by atoms with Crippen LogP contribution >= 0.6 is 11.3 Å². The first-order valence-corrected chi connectivity index (χ1v) is 7.59. The molecule has 0 saturated heterocycles. The third kappa shape index (κ3) is 2.95. The number of hydrogen-bond acceptors (Lipinski definition) is 4. The fourth-order valence-corrected chi connectivity index (χ4v) is 3.17. The third-order valence-corrected chi connectivity index (χ3v) is 4.38. The molecule has 0 aliphatic heterocycles. The lowest BCUT2D eigenvalue weighted by Crippen LogP contribution is -2.23. The van der Waals surface area contributed by atoms with Crippen LogP contribution in [0, 0.1) is 0 Å². The first-order valence-electron chi connectivity index (χ1n) is 6.71. The average molecular weight is 302 g/mol. The van der Waals surface area contributed by atoms with E-state index in [9.17, 15) is 9.59 Å². The molecular formula is C15H14N2O3S. The summed E-state index contributed by atoms with van der Waals surface area (Å²) in [7, 11) is 0. The zero-order valence-corrected chi connectivity index (χ0v) is 12.1. The molecular weight excluding hydrogens is 288 g/mol. The van der Waals surface area contributed by atoms with Crippen LogP contribution in [0.3, 0.4) is 0 Å². The van der Waals surface area contributed by atoms with E-state index in [-0.39, 0.29) is 18.1 Å². The van der Waals surface area contributed by atoms with E-state index in [1.165, 1.54) is 27.8 Å². The summed E-state index contributed by atoms with van der Waals surface area (Å²) in [5.74, 6) is -1.21. The van der Waals surface area contributed by atoms with Gasteiger partial charge in [0.25, 0.3) is 5.91 Å². The minimum Gasteiger partial charge on any atom is -0.476 e. The van der Waals surface area contributed by atoms with Crippen molar-refractivity contribution in [1.29, 1.82) is 0 Å². The Labute approximate surface area is 125 Å². The Morgan fingerprint density at radius 1 is 1.29 bits per heavy atom. The number of nitrogens with zero attached hydrogens (tertiary/aromatic N) is 1. The molecule has 0 unspecified atom stereocenters. The van der Waals surface area contributed by atoms with Gasteiger partial charge in [0.1, 0.15) is 5.01 Å². The van der Waals surface area contributed by atoms with Gasteiger partial charge in [0.15, 0.2) is 5.69 Å². The van der Waals surface area contributed by atoms with E-state index >= 15 is 0 Å². The normalized spacial score (nSPS) is 13.0. The Morgan fingerprint density at radius 3 is 2.86 bits per heavy atom. The monoisotopic (exact) mass is 302 g/mol. The Balaban J connectivity index is 1.64. The highest BCUT2D eigenvalue weighted by Crippen LogP contribution is 2.22. The topological polar surface area (TPSA) is 79.3 Å². The predicted molar refractivity (Wildman–Crippen MR) is 78.7 cm³/mol. The number of nitrogens with one attached hydrogen (secondary N) is 1. The van der Waals surface area contributed by atoms with Crippen molar-refractivity contribution in [2.24, 2.45) is 0 Å². The number of aryl methyl sites for hydroxylation is 2. The number of aromatic carboxylic acids is 1. The number of benzene rings is 1. The molecule has 1 amide bonds. The van der Waals surface area contributed by atoms with Crippen LogP contribution in [-0.4, -0.2) is 22.0 Å². The number of rotatable bonds is 4. The number of carbonyl (C=O) groups excluding carboxylic acids is 1. The number of carbonyl (C=O) groups is 2. The van der Waals surface area contributed by atoms with Crippen molar-refractivity contribution in [2.45, 2.75) is 25.8 Å². The molecule has 0 fully saturated rings. The van der Waals surface area contributed by atoms with Crippen LogP contribution in [-0.2, 0) is 19.4 Å². The van der Waals surface area contributed by atoms with Gasteiger partial charge in [-0.15, -0.1) is 11.3 Å². The predicted octanol–water partition coefficient (Wildman–Crippen LogP) is 2.26. The van der Waals surface area contributed by atoms with Crippen LogP contribution in [0.5, 0.6) is 0 Å². The van der Waals surface area contributed by atoms with Gasteiger partial charge < -0.3 is 10.4 Å². The smallest absolute Gasteiger partial charge is 0.355 e. The molecule has 6 heteroatoms. The molecule has 21 heavy (non-hydrogen) atoms. The number of carboxylic acid groups (broad SMARTS) is 1. The van der Waals surface area contributed by atoms with E-state index in [0.29, 0.717) is 10.6 Å². The van der Waals surface area contributed by atoms with E-state index in [1.807, 2.05) is 18.2 Å². The summed E-state index contributed by atoms with van der Waals surface area (Å²) in [4.78, 5) is 26.8. The molecule has 0 spiro atoms. The van der Waals surface area contributed by atoms with E-state index < -0.39 is 5.97 Å². The molecule has 1 aromatic heterocycles. The zero-order chi connectivity index (χ0) is 14.8. The Kier molecular flexibility index (Phi) is 3.70. The van der Waals surface area contributed by atoms with Crippen molar-refractivity contribution in [3.8, 4) is 0 Å². The van der Waals surface area contributed by atoms with Crippen LogP contribution in [0.15, 0.2) is 23.6 Å². The number of carboxylic acids is 1. The summed E-state index contributed by atoms with van der Waals surface area (Å²) in [6.07, 6.45) is 3.27. The van der Waals surface area contributed by atoms with Gasteiger partial charge in [-0.3, -0.25) is 4.79 Å². The summed E-state index contributed by atoms with van der Waals surface area (Å²) in [5.41, 5.74) is 3.25. The van der Waals surface area contributed by atoms with Gasteiger partial charge in [0.05, 0.1) is 6.54 Å². The molecule has 0 saturated carbocycles. The van der Waals surface area contributed by atoms with Crippen molar-refractivity contribution in [3.05, 3.63) is 51.0 Å². The van der Waals surface area contributed by atoms with Crippen LogP contribution in [0.2, 0.25) is 0 Å². The SMILES string of the molecule is O=C(NCc1nc(C(=O)O)cs1)c1ccc2c(c1)CCC2. The van der Waals surface area contributed by atoms with Crippen molar-refractivity contribution in [2.75, 3.05) is 0 Å². The van der Waals surface area contributed by atoms with Gasteiger partial charge in [-0.05, 0) is 42.5 Å². The minimum absolute atomic E-state index is 0.0155. The summed E-state index contributed by atoms with van der Waals surface area (Å²) in [6, 6.07) is 5.80. The number of aromatic nitrogens is 1. The highest BCUT2D eigenvalue weighted by Gasteiger charge is 2.14. The van der Waals surface area contributed by atoms with Gasteiger partial charge in [-0.2, -0.15) is 0 Å². The standard InChI is InChI=1S/C15H14N2O3S/c18-14(11-5-4-9-2-1-3-10(9)6-11)16-7-13-17-12(8-21-13)15(19)20/h4-6,8H,1-3,7H2,(H,16,18)(H,19,20). The molecule has 1 aromatic carbocycles. The van der Waals surface area contributed by atoms with Crippen LogP contribution in [0.25, 0.3) is 0 Å². The van der Waals surface area contributed by atoms with E-state index in [1.54, 1.807) is 0 Å². The van der Waals surface area contributed by atoms with E-state index in [2.05, 4.69) is 10.3 Å². The largest absolute Gasteiger partial charge is 0.476 e. The maximum absolute atomic E-state index is 12.1. The molecule has 1 aliphatic rings. The van der Waals surface area contributed by atoms with E-state index in [4.69, 9.17) is 5.11 Å². The number of hydrogen-bond donors (Lipinski definition) is 2. The molecule has 3 rings (SSSR count). The van der Waals surface area contributed by atoms with Gasteiger partial charge in [0, 0.05) is 10.9 Å². The van der Waals surface area contributed by atoms with Crippen LogP contribution in [0.1, 0.15) is 43.4 Å². The van der Waals surface area contributed by atoms with Gasteiger partial charge in [-0.1, -0.05) is 6.07 Å². The summed E-state index contributed by atoms with van der Waals surface area (Å²) < 4.78 is 0. The molecule has 0 bridgehead atoms. The summed E-state index contributed by atoms with van der Waals surface area (Å²) >= 11 is 1.23. The molecule has 0 radical (unpaired) electrons. The number of amides is 1. The second kappa shape index (κ2) is 5.65. The molecule has 1 aliphatic carbocycles. The number of fused-ring (bicyclic) bond motifs is 1. The second-order valence-corrected chi connectivity index (χ2v) is 5.89. The molecule has 5 nitrogen and oxygen atoms in total. The Bertz CT molecular complexity index is 709. The maximum atomic E-state index is 12.1. The molecule has 1 heterocycles. The summed E-state index contributed by atoms with van der Waals surface area (Å²) in [6.45, 7) is 0.244. The van der Waals surface area contributed by atoms with Crippen molar-refractivity contribution in [3.63, 3.8) is 0 Å². The minimum atomic E-state index is -1.05. The lowest BCUT2D eigenvalue weighted by atomic mass is 10.1. The molecule has 108 valence electrons. The maximum Gasteiger partial charge on any atom is 0.355 e. The fourth-order valence-electron chi connectivity index (χ4n) is 2.46. The Morgan fingerprint density at radius 2 is 2.10 bits per heavy atom. The van der Waals surface area contributed by atoms with Gasteiger partial charge in [0.2, 0.25) is 0 Å². The van der Waals surface area contributed by atoms with Gasteiger partial charge >= 0.3 is 5.97 Å². The second-order valence-electron chi connectivity index (χ2n) is 4.95. The van der Waals surface area contributed by atoms with Crippen LogP contribution < -0.4 is 5.32 Å². The fraction of sp³-hybridized carbons (Fsp3) is 0.267. The van der Waals surface area contributed by atoms with Crippen LogP contribution in [0.4, 0.5) is 0 Å². The van der Waals surface area contributed by atoms with Crippen molar-refractivity contribution >= 4 is 23.2 Å². The van der Waals surface area contributed by atoms with Gasteiger partial charge in [-0.25, -0.2) is 9.78 Å². The number of thiazole rings is 1. The van der Waals surface area contributed by atoms with E-state index in [0.717, 1.165) is 19.3 Å². The average Bonchev–Trinajstić information content (AvgIpc) is 3.12. The first kappa shape index (κ1) is 13.8. The van der Waals surface area contributed by atoms with Crippen molar-refractivity contribution < 1.29 is 14.7 Å². The lowest BCUT2D eigenvalue weighted by molar-refractivity contribution is 0.0691. The Hall–Kier alpha value is -2.21. The highest BCUT2D eigenvalue weighted by atomic mass is 32.1. The zero-order valence-electron chi connectivity index (χ0n) is 11.3. The quantitative estimate of drug-likeness (QED) is 0.908. The highest BCUT2D eigenvalue weighted by molar-refractivity contribution is 7.09. The molecule has 2 aromatic rings. The molecule has 0 atom stereocenters. The summed E-state index contributed by atoms with van der Waals surface area (Å²) in [5, 5.41) is 13.6. The molecule has 2 N–H and O–H groups in total. The lowest BCUT2D eigenvalue weighted by Gasteiger charge is -2.05. The van der Waals surface area contributed by atoms with Crippen molar-refractivity contribution in [1.82, 2.24) is 10.3 Å². The third-order valence-electron chi connectivity index (χ3n) is 3.53. The first-order chi connectivity index (χ1) is 10.1.